The Morgan fingerprint density at radius 2 is 1.92 bits per heavy atom. The van der Waals surface area contributed by atoms with Gasteiger partial charge in [0, 0.05) is 32.8 Å². The fraction of sp³-hybridized carbons (Fsp3) is 0.611. The Kier molecular flexibility index (Phi) is 15.1. The van der Waals surface area contributed by atoms with Crippen LogP contribution >= 0.6 is 24.0 Å². The van der Waals surface area contributed by atoms with Gasteiger partial charge in [-0.05, 0) is 39.4 Å². The van der Waals surface area contributed by atoms with E-state index in [-0.39, 0.29) is 24.0 Å². The van der Waals surface area contributed by atoms with Crippen LogP contribution in [0.4, 0.5) is 0 Å². The zero-order chi connectivity index (χ0) is 16.8. The molecule has 1 aromatic carbocycles. The maximum absolute atomic E-state index is 5.32. The molecule has 0 aromatic heterocycles. The zero-order valence-corrected chi connectivity index (χ0v) is 17.6. The Hall–Kier alpha value is -0.860. The minimum Gasteiger partial charge on any atom is -0.380 e. The third-order valence-electron chi connectivity index (χ3n) is 3.35. The van der Waals surface area contributed by atoms with Crippen LogP contribution in [0, 0.1) is 0 Å². The van der Waals surface area contributed by atoms with Gasteiger partial charge in [0.2, 0.25) is 0 Å². The molecule has 0 spiro atoms. The predicted octanol–water partition coefficient (Wildman–Crippen LogP) is 2.72. The van der Waals surface area contributed by atoms with Crippen molar-refractivity contribution in [3.8, 4) is 0 Å². The van der Waals surface area contributed by atoms with Gasteiger partial charge >= 0.3 is 0 Å². The Morgan fingerprint density at radius 1 is 1.17 bits per heavy atom. The van der Waals surface area contributed by atoms with Crippen LogP contribution in [-0.4, -0.2) is 57.3 Å². The zero-order valence-electron chi connectivity index (χ0n) is 15.3. The SMILES string of the molecule is CCNC(=NCCCN(C)Cc1ccccc1)NCCOCC.I. The van der Waals surface area contributed by atoms with Crippen LogP contribution in [0.15, 0.2) is 35.3 Å². The number of nitrogens with one attached hydrogen (secondary N) is 2. The van der Waals surface area contributed by atoms with E-state index in [0.717, 1.165) is 51.7 Å². The lowest BCUT2D eigenvalue weighted by Gasteiger charge is -2.16. The molecule has 0 saturated carbocycles. The first kappa shape index (κ1) is 23.1. The van der Waals surface area contributed by atoms with Crippen molar-refractivity contribution in [3.05, 3.63) is 35.9 Å². The molecule has 6 heteroatoms. The molecule has 2 N–H and O–H groups in total. The number of aliphatic imine (C=N–C) groups is 1. The van der Waals surface area contributed by atoms with Crippen LogP contribution < -0.4 is 10.6 Å². The number of nitrogens with zero attached hydrogens (tertiary/aromatic N) is 2. The molecule has 5 nitrogen and oxygen atoms in total. The highest BCUT2D eigenvalue weighted by atomic mass is 127. The van der Waals surface area contributed by atoms with Crippen LogP contribution in [0.1, 0.15) is 25.8 Å². The smallest absolute Gasteiger partial charge is 0.191 e. The van der Waals surface area contributed by atoms with Gasteiger partial charge in [-0.25, -0.2) is 0 Å². The fourth-order valence-corrected chi connectivity index (χ4v) is 2.23. The number of hydrogen-bond donors (Lipinski definition) is 2. The van der Waals surface area contributed by atoms with Crippen LogP contribution in [0.5, 0.6) is 0 Å². The molecule has 0 aliphatic heterocycles. The summed E-state index contributed by atoms with van der Waals surface area (Å²) in [4.78, 5) is 6.94. The van der Waals surface area contributed by atoms with Gasteiger partial charge in [-0.1, -0.05) is 30.3 Å². The van der Waals surface area contributed by atoms with Crippen LogP contribution in [0.2, 0.25) is 0 Å². The average Bonchev–Trinajstić information content (AvgIpc) is 2.56. The highest BCUT2D eigenvalue weighted by Gasteiger charge is 2.00. The number of halogens is 1. The molecule has 0 radical (unpaired) electrons. The van der Waals surface area contributed by atoms with Gasteiger partial charge in [-0.15, -0.1) is 24.0 Å². The quantitative estimate of drug-likeness (QED) is 0.237. The van der Waals surface area contributed by atoms with Gasteiger partial charge in [-0.2, -0.15) is 0 Å². The first-order valence-corrected chi connectivity index (χ1v) is 8.58. The van der Waals surface area contributed by atoms with Crippen molar-refractivity contribution < 1.29 is 4.74 Å². The summed E-state index contributed by atoms with van der Waals surface area (Å²) in [7, 11) is 2.16. The third-order valence-corrected chi connectivity index (χ3v) is 3.35. The lowest BCUT2D eigenvalue weighted by atomic mass is 10.2. The molecule has 0 aliphatic carbocycles. The monoisotopic (exact) mass is 448 g/mol. The van der Waals surface area contributed by atoms with Gasteiger partial charge in [0.25, 0.3) is 0 Å². The van der Waals surface area contributed by atoms with Gasteiger partial charge in [0.15, 0.2) is 5.96 Å². The number of rotatable bonds is 11. The Bertz CT molecular complexity index is 428. The summed E-state index contributed by atoms with van der Waals surface area (Å²) >= 11 is 0. The highest BCUT2D eigenvalue weighted by Crippen LogP contribution is 2.02. The molecule has 0 atom stereocenters. The minimum absolute atomic E-state index is 0. The van der Waals surface area contributed by atoms with Crippen molar-refractivity contribution in [2.45, 2.75) is 26.8 Å². The summed E-state index contributed by atoms with van der Waals surface area (Å²) in [6.07, 6.45) is 1.05. The molecule has 0 unspecified atom stereocenters. The number of benzene rings is 1. The highest BCUT2D eigenvalue weighted by molar-refractivity contribution is 14.0. The Morgan fingerprint density at radius 3 is 2.58 bits per heavy atom. The standard InChI is InChI=1S/C18H32N4O.HI/c1-4-19-18(21-13-15-23-5-2)20-12-9-14-22(3)16-17-10-7-6-8-11-17;/h6-8,10-11H,4-5,9,12-16H2,1-3H3,(H2,19,20,21);1H. The number of ether oxygens (including phenoxy) is 1. The fourth-order valence-electron chi connectivity index (χ4n) is 2.23. The maximum Gasteiger partial charge on any atom is 0.191 e. The summed E-state index contributed by atoms with van der Waals surface area (Å²) in [6.45, 7) is 10.0. The van der Waals surface area contributed by atoms with Crippen molar-refractivity contribution in [1.29, 1.82) is 0 Å². The second-order valence-corrected chi connectivity index (χ2v) is 5.46. The minimum atomic E-state index is 0. The molecule has 0 heterocycles. The first-order valence-electron chi connectivity index (χ1n) is 8.58. The summed E-state index contributed by atoms with van der Waals surface area (Å²) < 4.78 is 5.32. The molecular weight excluding hydrogens is 415 g/mol. The van der Waals surface area contributed by atoms with E-state index < -0.39 is 0 Å². The van der Waals surface area contributed by atoms with Gasteiger partial charge in [0.1, 0.15) is 0 Å². The molecule has 0 aliphatic rings. The second-order valence-electron chi connectivity index (χ2n) is 5.46. The van der Waals surface area contributed by atoms with Crippen LogP contribution in [0.3, 0.4) is 0 Å². The van der Waals surface area contributed by atoms with Gasteiger partial charge in [0.05, 0.1) is 6.61 Å². The van der Waals surface area contributed by atoms with Crippen LogP contribution in [-0.2, 0) is 11.3 Å². The van der Waals surface area contributed by atoms with E-state index >= 15 is 0 Å². The Labute approximate surface area is 164 Å². The summed E-state index contributed by atoms with van der Waals surface area (Å²) in [5.74, 6) is 0.873. The molecule has 24 heavy (non-hydrogen) atoms. The van der Waals surface area contributed by atoms with Crippen molar-refractivity contribution >= 4 is 29.9 Å². The second kappa shape index (κ2) is 15.7. The molecule has 1 aromatic rings. The predicted molar refractivity (Wildman–Crippen MR) is 113 cm³/mol. The lowest BCUT2D eigenvalue weighted by Crippen LogP contribution is -2.39. The summed E-state index contributed by atoms with van der Waals surface area (Å²) in [5.41, 5.74) is 1.35. The first-order chi connectivity index (χ1) is 11.3. The lowest BCUT2D eigenvalue weighted by molar-refractivity contribution is 0.152. The normalized spacial score (nSPS) is 11.2. The molecule has 0 fully saturated rings. The van der Waals surface area contributed by atoms with Gasteiger partial charge in [-0.3, -0.25) is 4.99 Å². The maximum atomic E-state index is 5.32. The Balaban J connectivity index is 0.00000529. The van der Waals surface area contributed by atoms with E-state index in [2.05, 4.69) is 64.8 Å². The molecule has 0 bridgehead atoms. The van der Waals surface area contributed by atoms with Crippen LogP contribution in [0.25, 0.3) is 0 Å². The third kappa shape index (κ3) is 11.6. The van der Waals surface area contributed by atoms with E-state index in [0.29, 0.717) is 6.61 Å². The van der Waals surface area contributed by atoms with E-state index in [1.165, 1.54) is 5.56 Å². The molecular formula is C18H33IN4O. The van der Waals surface area contributed by atoms with E-state index in [4.69, 9.17) is 4.74 Å². The van der Waals surface area contributed by atoms with E-state index in [9.17, 15) is 0 Å². The molecule has 1 rings (SSSR count). The topological polar surface area (TPSA) is 48.9 Å². The van der Waals surface area contributed by atoms with Crippen molar-refractivity contribution in [1.82, 2.24) is 15.5 Å². The number of hydrogen-bond acceptors (Lipinski definition) is 3. The molecule has 0 amide bonds. The van der Waals surface area contributed by atoms with Crippen molar-refractivity contribution in [2.24, 2.45) is 4.99 Å². The largest absolute Gasteiger partial charge is 0.380 e. The van der Waals surface area contributed by atoms with Crippen molar-refractivity contribution in [2.75, 3.05) is 46.4 Å². The van der Waals surface area contributed by atoms with Crippen molar-refractivity contribution in [3.63, 3.8) is 0 Å². The molecule has 0 saturated heterocycles. The molecule has 138 valence electrons. The summed E-state index contributed by atoms with van der Waals surface area (Å²) in [6, 6.07) is 10.6. The summed E-state index contributed by atoms with van der Waals surface area (Å²) in [5, 5.41) is 6.54. The van der Waals surface area contributed by atoms with E-state index in [1.54, 1.807) is 0 Å². The average molecular weight is 448 g/mol. The van der Waals surface area contributed by atoms with Gasteiger partial charge < -0.3 is 20.3 Å². The van der Waals surface area contributed by atoms with E-state index in [1.807, 2.05) is 6.92 Å². The number of guanidine groups is 1.